The van der Waals surface area contributed by atoms with E-state index in [2.05, 4.69) is 157 Å². The van der Waals surface area contributed by atoms with E-state index in [1.165, 1.54) is 36.8 Å². The molecule has 0 unspecified atom stereocenters. The third-order valence-corrected chi connectivity index (χ3v) is 7.42. The Morgan fingerprint density at radius 1 is 0.375 bits per heavy atom. The van der Waals surface area contributed by atoms with Crippen molar-refractivity contribution in [1.82, 2.24) is 0 Å². The first-order valence-corrected chi connectivity index (χ1v) is 14.8. The lowest BCUT2D eigenvalue weighted by Gasteiger charge is -2.33. The highest BCUT2D eigenvalue weighted by Gasteiger charge is 2.21. The zero-order valence-electron chi connectivity index (χ0n) is 23.8. The van der Waals surface area contributed by atoms with Crippen LogP contribution in [0.15, 0.2) is 133 Å². The first-order chi connectivity index (χ1) is 19.8. The summed E-state index contributed by atoms with van der Waals surface area (Å²) in [5.41, 5.74) is 9.63. The fourth-order valence-corrected chi connectivity index (χ4v) is 5.24. The van der Waals surface area contributed by atoms with Crippen molar-refractivity contribution in [3.63, 3.8) is 0 Å². The summed E-state index contributed by atoms with van der Waals surface area (Å²) < 4.78 is 0. The number of rotatable bonds is 12. The predicted octanol–water partition coefficient (Wildman–Crippen LogP) is 11.3. The molecule has 5 aromatic rings. The SMILES string of the molecule is CCCCc1ccc(N(c2ccccc2)c2ccccc2N(c2ccccc2)c2ccc(CCCC)cc2)cc1. The standard InChI is InChI=1S/C38H40N2/c1-3-5-15-31-23-27-35(28-24-31)39(33-17-9-7-10-18-33)37-21-13-14-22-38(37)40(34-19-11-8-12-20-34)36-29-25-32(26-30-36)16-6-4-2/h7-14,17-30H,3-6,15-16H2,1-2H3. The lowest BCUT2D eigenvalue weighted by atomic mass is 10.1. The van der Waals surface area contributed by atoms with Gasteiger partial charge in [-0.1, -0.05) is 99.5 Å². The quantitative estimate of drug-likeness (QED) is 0.160. The molecule has 0 spiro atoms. The highest BCUT2D eigenvalue weighted by atomic mass is 15.2. The van der Waals surface area contributed by atoms with Crippen molar-refractivity contribution in [1.29, 1.82) is 0 Å². The largest absolute Gasteiger partial charge is 0.308 e. The normalized spacial score (nSPS) is 10.8. The summed E-state index contributed by atoms with van der Waals surface area (Å²) in [6.07, 6.45) is 7.09. The van der Waals surface area contributed by atoms with E-state index in [1.54, 1.807) is 0 Å². The molecule has 0 atom stereocenters. The molecule has 0 aliphatic heterocycles. The van der Waals surface area contributed by atoms with E-state index < -0.39 is 0 Å². The molecule has 40 heavy (non-hydrogen) atoms. The Hall–Kier alpha value is -4.30. The van der Waals surface area contributed by atoms with Crippen LogP contribution in [0.2, 0.25) is 0 Å². The molecule has 0 saturated heterocycles. The fraction of sp³-hybridized carbons (Fsp3) is 0.211. The second-order valence-electron chi connectivity index (χ2n) is 10.4. The summed E-state index contributed by atoms with van der Waals surface area (Å²) in [6, 6.07) is 48.4. The summed E-state index contributed by atoms with van der Waals surface area (Å²) in [4.78, 5) is 4.76. The number of para-hydroxylation sites is 4. The van der Waals surface area contributed by atoms with Crippen molar-refractivity contribution in [2.45, 2.75) is 52.4 Å². The van der Waals surface area contributed by atoms with Crippen LogP contribution in [0.25, 0.3) is 0 Å². The van der Waals surface area contributed by atoms with Gasteiger partial charge in [0.2, 0.25) is 0 Å². The summed E-state index contributed by atoms with van der Waals surface area (Å²) in [5, 5.41) is 0. The van der Waals surface area contributed by atoms with Crippen LogP contribution in [0.4, 0.5) is 34.1 Å². The van der Waals surface area contributed by atoms with Gasteiger partial charge in [-0.2, -0.15) is 0 Å². The molecule has 0 aromatic heterocycles. The van der Waals surface area contributed by atoms with Gasteiger partial charge in [0.1, 0.15) is 0 Å². The van der Waals surface area contributed by atoms with Crippen LogP contribution >= 0.6 is 0 Å². The van der Waals surface area contributed by atoms with Crippen LogP contribution in [0.3, 0.4) is 0 Å². The Morgan fingerprint density at radius 2 is 0.700 bits per heavy atom. The number of hydrogen-bond acceptors (Lipinski definition) is 2. The third-order valence-electron chi connectivity index (χ3n) is 7.42. The van der Waals surface area contributed by atoms with E-state index in [1.807, 2.05) is 0 Å². The molecule has 0 bridgehead atoms. The minimum Gasteiger partial charge on any atom is -0.308 e. The Balaban J connectivity index is 1.63. The summed E-state index contributed by atoms with van der Waals surface area (Å²) >= 11 is 0. The molecule has 0 saturated carbocycles. The summed E-state index contributed by atoms with van der Waals surface area (Å²) in [5.74, 6) is 0. The molecule has 0 fully saturated rings. The van der Waals surface area contributed by atoms with E-state index in [0.717, 1.165) is 47.0 Å². The number of unbranched alkanes of at least 4 members (excludes halogenated alkanes) is 2. The smallest absolute Gasteiger partial charge is 0.0702 e. The Bertz CT molecular complexity index is 1330. The van der Waals surface area contributed by atoms with Crippen molar-refractivity contribution in [2.24, 2.45) is 0 Å². The average molecular weight is 525 g/mol. The minimum absolute atomic E-state index is 1.12. The summed E-state index contributed by atoms with van der Waals surface area (Å²) in [6.45, 7) is 4.50. The van der Waals surface area contributed by atoms with Crippen molar-refractivity contribution in [2.75, 3.05) is 9.80 Å². The van der Waals surface area contributed by atoms with Crippen molar-refractivity contribution in [3.8, 4) is 0 Å². The summed E-state index contributed by atoms with van der Waals surface area (Å²) in [7, 11) is 0. The monoisotopic (exact) mass is 524 g/mol. The number of hydrogen-bond donors (Lipinski definition) is 0. The van der Waals surface area contributed by atoms with Crippen LogP contribution < -0.4 is 9.80 Å². The van der Waals surface area contributed by atoms with Gasteiger partial charge < -0.3 is 9.80 Å². The Labute approximate surface area is 240 Å². The first-order valence-electron chi connectivity index (χ1n) is 14.8. The van der Waals surface area contributed by atoms with E-state index in [9.17, 15) is 0 Å². The van der Waals surface area contributed by atoms with E-state index in [4.69, 9.17) is 0 Å². The number of nitrogens with zero attached hydrogens (tertiary/aromatic N) is 2. The van der Waals surface area contributed by atoms with Crippen molar-refractivity contribution >= 4 is 34.1 Å². The third kappa shape index (κ3) is 6.46. The molecule has 0 amide bonds. The zero-order valence-corrected chi connectivity index (χ0v) is 23.8. The molecule has 0 aliphatic carbocycles. The van der Waals surface area contributed by atoms with E-state index in [0.29, 0.717) is 0 Å². The molecule has 0 heterocycles. The molecule has 0 radical (unpaired) electrons. The minimum atomic E-state index is 1.12. The van der Waals surface area contributed by atoms with Gasteiger partial charge in [0, 0.05) is 22.7 Å². The van der Waals surface area contributed by atoms with Crippen molar-refractivity contribution < 1.29 is 0 Å². The van der Waals surface area contributed by atoms with E-state index >= 15 is 0 Å². The van der Waals surface area contributed by atoms with Gasteiger partial charge in [0.25, 0.3) is 0 Å². The molecular formula is C38H40N2. The molecule has 0 aliphatic rings. The maximum absolute atomic E-state index is 2.38. The molecule has 202 valence electrons. The van der Waals surface area contributed by atoms with Crippen LogP contribution in [0.1, 0.15) is 50.7 Å². The Morgan fingerprint density at radius 3 is 1.05 bits per heavy atom. The lowest BCUT2D eigenvalue weighted by Crippen LogP contribution is -2.17. The molecule has 0 N–H and O–H groups in total. The molecule has 5 aromatic carbocycles. The number of anilines is 6. The lowest BCUT2D eigenvalue weighted by molar-refractivity contribution is 0.795. The van der Waals surface area contributed by atoms with Gasteiger partial charge in [-0.15, -0.1) is 0 Å². The van der Waals surface area contributed by atoms with Gasteiger partial charge in [0.15, 0.2) is 0 Å². The van der Waals surface area contributed by atoms with Crippen LogP contribution in [-0.2, 0) is 12.8 Å². The Kier molecular flexibility index (Phi) is 9.32. The van der Waals surface area contributed by atoms with Crippen LogP contribution in [0, 0.1) is 0 Å². The fourth-order valence-electron chi connectivity index (χ4n) is 5.24. The molecule has 5 rings (SSSR count). The second-order valence-corrected chi connectivity index (χ2v) is 10.4. The predicted molar refractivity (Wildman–Crippen MR) is 173 cm³/mol. The molecular weight excluding hydrogens is 484 g/mol. The highest BCUT2D eigenvalue weighted by Crippen LogP contribution is 2.45. The molecule has 2 nitrogen and oxygen atoms in total. The average Bonchev–Trinajstić information content (AvgIpc) is 3.02. The number of benzene rings is 5. The first kappa shape index (κ1) is 27.3. The van der Waals surface area contributed by atoms with Gasteiger partial charge >= 0.3 is 0 Å². The zero-order chi connectivity index (χ0) is 27.6. The molecule has 2 heteroatoms. The van der Waals surface area contributed by atoms with Gasteiger partial charge in [-0.05, 0) is 97.5 Å². The van der Waals surface area contributed by atoms with Crippen LogP contribution in [0.5, 0.6) is 0 Å². The topological polar surface area (TPSA) is 6.48 Å². The maximum Gasteiger partial charge on any atom is 0.0702 e. The highest BCUT2D eigenvalue weighted by molar-refractivity contribution is 5.91. The van der Waals surface area contributed by atoms with Crippen LogP contribution in [-0.4, -0.2) is 0 Å². The second kappa shape index (κ2) is 13.7. The maximum atomic E-state index is 2.38. The van der Waals surface area contributed by atoms with Gasteiger partial charge in [0.05, 0.1) is 11.4 Å². The van der Waals surface area contributed by atoms with Gasteiger partial charge in [-0.3, -0.25) is 0 Å². The number of aryl methyl sites for hydroxylation is 2. The van der Waals surface area contributed by atoms with E-state index in [-0.39, 0.29) is 0 Å². The van der Waals surface area contributed by atoms with Crippen molar-refractivity contribution in [3.05, 3.63) is 145 Å². The van der Waals surface area contributed by atoms with Gasteiger partial charge in [-0.25, -0.2) is 0 Å².